The Balaban J connectivity index is 0. The molecule has 1 heterocycles. The third-order valence-electron chi connectivity index (χ3n) is 9.98. The first-order valence-corrected chi connectivity index (χ1v) is 24.2. The van der Waals surface area contributed by atoms with Gasteiger partial charge in [-0.15, -0.1) is 13.2 Å². The molecule has 0 saturated heterocycles. The average molecular weight is 1010 g/mol. The SMILES string of the molecule is C/C(=C\[N+](C)(c1ccc(OC(F)(F)F)cc1)C1CCC1)N=N.C=C(O)CC(NC)C(N)=O.CC.CC.CC.CCCCC=O.Cc1ccc2ccccc2c1.O=CCNC(=O)c1cc2cc(Cl)ccc2[nH]1. The van der Waals surface area contributed by atoms with Crippen molar-refractivity contribution in [3.63, 3.8) is 0 Å². The number of nitrogens with zero attached hydrogens (tertiary/aromatic N) is 2. The first kappa shape index (κ1) is 66.7. The highest BCUT2D eigenvalue weighted by Gasteiger charge is 2.39. The van der Waals surface area contributed by atoms with E-state index in [1.54, 1.807) is 50.4 Å². The first-order chi connectivity index (χ1) is 33.8. The zero-order valence-electron chi connectivity index (χ0n) is 43.4. The molecule has 6 rings (SSSR count). The number of allylic oxidation sites excluding steroid dienone is 1. The van der Waals surface area contributed by atoms with E-state index in [4.69, 9.17) is 28.0 Å². The van der Waals surface area contributed by atoms with Crippen LogP contribution < -0.4 is 25.6 Å². The van der Waals surface area contributed by atoms with Gasteiger partial charge in [-0.2, -0.15) is 5.11 Å². The minimum absolute atomic E-state index is 0.00888. The Kier molecular flexibility index (Phi) is 35.2. The number of hydrogen-bond acceptors (Lipinski definition) is 9. The van der Waals surface area contributed by atoms with Gasteiger partial charge in [-0.1, -0.05) is 121 Å². The van der Waals surface area contributed by atoms with E-state index in [1.807, 2.05) is 54.8 Å². The molecule has 1 aliphatic carbocycles. The Morgan fingerprint density at radius 3 is 2.01 bits per heavy atom. The molecule has 0 bridgehead atoms. The van der Waals surface area contributed by atoms with Crippen molar-refractivity contribution < 1.29 is 42.2 Å². The number of nitrogens with one attached hydrogen (secondary N) is 4. The number of aliphatic hydroxyl groups is 1. The number of likely N-dealkylation sites (N-methyl/N-ethyl adjacent to an activating group) is 1. The highest BCUT2D eigenvalue weighted by molar-refractivity contribution is 6.31. The summed E-state index contributed by atoms with van der Waals surface area (Å²) in [4.78, 5) is 44.6. The molecule has 2 amide bonds. The number of aryl methyl sites for hydroxylation is 1. The van der Waals surface area contributed by atoms with Gasteiger partial charge in [0.15, 0.2) is 0 Å². The van der Waals surface area contributed by atoms with Crippen LogP contribution in [0.1, 0.15) is 116 Å². The van der Waals surface area contributed by atoms with Crippen LogP contribution in [0.4, 0.5) is 18.9 Å². The number of aromatic nitrogens is 1. The normalized spacial score (nSPS) is 12.6. The molecule has 4 aromatic carbocycles. The van der Waals surface area contributed by atoms with Crippen molar-refractivity contribution in [2.24, 2.45) is 10.8 Å². The second kappa shape index (κ2) is 37.5. The quantitative estimate of drug-likeness (QED) is 0.0197. The Morgan fingerprint density at radius 2 is 1.56 bits per heavy atom. The van der Waals surface area contributed by atoms with Crippen LogP contribution in [0.2, 0.25) is 5.02 Å². The number of H-pyrrole nitrogens is 1. The van der Waals surface area contributed by atoms with Gasteiger partial charge in [-0.05, 0) is 80.9 Å². The zero-order chi connectivity index (χ0) is 54.6. The van der Waals surface area contributed by atoms with Crippen LogP contribution in [0.15, 0.2) is 120 Å². The van der Waals surface area contributed by atoms with Crippen LogP contribution in [-0.2, 0) is 14.4 Å². The molecule has 13 nitrogen and oxygen atoms in total. The number of carbonyl (C=O) groups excluding carboxylic acids is 4. The summed E-state index contributed by atoms with van der Waals surface area (Å²) in [6, 6.07) is 27.7. The standard InChI is InChI=1S/C15H19F3N3O.C11H9ClN2O2.C11H10.C6H12N2O2.C5H10O.3C2H6/c1-11(20-19)10-21(2,12-4-3-5-12)13-6-8-14(9-7-13)22-15(16,17)18;12-8-1-2-9-7(5-8)6-10(14-9)11(16)13-3-4-15;1-9-6-7-10-4-2-3-5-11(10)8-9;1-4(9)3-5(8-2)6(7)10;1-2-3-4-5-6;3*1-2/h6-10,12,19H,3-5H2,1-2H3;1-2,4-6,14H,3H2,(H,13,16);2-8H,1H3;5,8-9H,1,3H2,2H3,(H2,7,10);5H,2-4H2,1H3;3*1-2H3/q+1;;;;;;;/b11-10+,20-19?;;;;;;;. The van der Waals surface area contributed by atoms with Gasteiger partial charge < -0.3 is 40.8 Å². The molecule has 2 atom stereocenters. The fourth-order valence-corrected chi connectivity index (χ4v) is 6.51. The Hall–Kier alpha value is -6.36. The molecular weight excluding hydrogens is 935 g/mol. The highest BCUT2D eigenvalue weighted by atomic mass is 35.5. The molecule has 2 unspecified atom stereocenters. The molecule has 17 heteroatoms. The first-order valence-electron chi connectivity index (χ1n) is 23.8. The smallest absolute Gasteiger partial charge is 0.513 e. The molecule has 0 spiro atoms. The molecule has 1 aromatic heterocycles. The Labute approximate surface area is 424 Å². The van der Waals surface area contributed by atoms with E-state index in [-0.39, 0.29) is 30.4 Å². The number of primary amides is 1. The number of rotatable bonds is 15. The lowest BCUT2D eigenvalue weighted by molar-refractivity contribution is -0.274. The fourth-order valence-electron chi connectivity index (χ4n) is 6.33. The Morgan fingerprint density at radius 1 is 0.958 bits per heavy atom. The van der Waals surface area contributed by atoms with Gasteiger partial charge in [0.2, 0.25) is 5.91 Å². The monoisotopic (exact) mass is 1010 g/mol. The maximum absolute atomic E-state index is 12.2. The number of unbranched alkanes of at least 4 members (excludes halogenated alkanes) is 2. The lowest BCUT2D eigenvalue weighted by atomic mass is 9.89. The van der Waals surface area contributed by atoms with Crippen molar-refractivity contribution in [3.8, 4) is 5.75 Å². The van der Waals surface area contributed by atoms with Gasteiger partial charge >= 0.3 is 6.36 Å². The van der Waals surface area contributed by atoms with Gasteiger partial charge in [0.1, 0.15) is 41.6 Å². The summed E-state index contributed by atoms with van der Waals surface area (Å²) in [5, 5.41) is 21.3. The van der Waals surface area contributed by atoms with Gasteiger partial charge in [-0.3, -0.25) is 14.1 Å². The van der Waals surface area contributed by atoms with Crippen molar-refractivity contribution >= 4 is 63.4 Å². The van der Waals surface area contributed by atoms with Gasteiger partial charge in [-0.25, -0.2) is 5.53 Å². The number of aldehydes is 2. The van der Waals surface area contributed by atoms with E-state index in [1.165, 1.54) is 28.5 Å². The van der Waals surface area contributed by atoms with Gasteiger partial charge in [0, 0.05) is 53.7 Å². The molecular formula is C54H78ClF3N7O6+. The maximum atomic E-state index is 12.2. The number of alkyl halides is 3. The van der Waals surface area contributed by atoms with E-state index in [0.29, 0.717) is 33.2 Å². The van der Waals surface area contributed by atoms with Crippen molar-refractivity contribution in [2.75, 3.05) is 20.6 Å². The molecule has 0 aliphatic heterocycles. The summed E-state index contributed by atoms with van der Waals surface area (Å²) >= 11 is 5.83. The number of amides is 2. The van der Waals surface area contributed by atoms with Crippen molar-refractivity contribution in [2.45, 2.75) is 126 Å². The summed E-state index contributed by atoms with van der Waals surface area (Å²) in [5.41, 5.74) is 16.0. The van der Waals surface area contributed by atoms with Crippen LogP contribution in [0, 0.1) is 12.5 Å². The number of ether oxygens (including phenoxy) is 1. The third-order valence-corrected chi connectivity index (χ3v) is 10.2. The van der Waals surface area contributed by atoms with Crippen molar-refractivity contribution in [1.29, 1.82) is 5.53 Å². The Bertz CT molecular complexity index is 2350. The average Bonchev–Trinajstić information content (AvgIpc) is 3.77. The molecule has 71 heavy (non-hydrogen) atoms. The molecule has 1 aliphatic rings. The van der Waals surface area contributed by atoms with Gasteiger partial charge in [0.25, 0.3) is 5.91 Å². The molecule has 392 valence electrons. The molecule has 1 saturated carbocycles. The number of aromatic amines is 1. The highest BCUT2D eigenvalue weighted by Crippen LogP contribution is 2.37. The molecule has 0 radical (unpaired) electrons. The van der Waals surface area contributed by atoms with E-state index in [2.05, 4.69) is 88.4 Å². The summed E-state index contributed by atoms with van der Waals surface area (Å²) in [5.74, 6) is -1.07. The van der Waals surface area contributed by atoms with Crippen molar-refractivity contribution in [1.82, 2.24) is 20.1 Å². The zero-order valence-corrected chi connectivity index (χ0v) is 44.1. The number of carbonyl (C=O) groups is 4. The summed E-state index contributed by atoms with van der Waals surface area (Å²) in [6.07, 6.45) is 5.08. The lowest BCUT2D eigenvalue weighted by Crippen LogP contribution is -2.52. The number of hydrogen-bond donors (Lipinski definition) is 6. The van der Waals surface area contributed by atoms with Crippen LogP contribution in [0.3, 0.4) is 0 Å². The molecule has 1 fully saturated rings. The fraction of sp³-hybridized carbons (Fsp3) is 0.407. The maximum Gasteiger partial charge on any atom is 0.573 e. The predicted octanol–water partition coefficient (Wildman–Crippen LogP) is 13.8. The molecule has 7 N–H and O–H groups in total. The van der Waals surface area contributed by atoms with E-state index in [9.17, 15) is 32.3 Å². The van der Waals surface area contributed by atoms with Crippen molar-refractivity contribution in [3.05, 3.63) is 132 Å². The van der Waals surface area contributed by atoms with Crippen LogP contribution in [-0.4, -0.2) is 73.6 Å². The van der Waals surface area contributed by atoms with Gasteiger partial charge in [0.05, 0.1) is 31.4 Å². The van der Waals surface area contributed by atoms with Crippen LogP contribution in [0.5, 0.6) is 5.75 Å². The number of nitrogens with two attached hydrogens (primary N) is 1. The number of fused-ring (bicyclic) bond motifs is 2. The number of benzene rings is 4. The summed E-state index contributed by atoms with van der Waals surface area (Å²) in [6.45, 7) is 21.2. The minimum Gasteiger partial charge on any atom is -0.513 e. The lowest BCUT2D eigenvalue weighted by Gasteiger charge is -2.42. The second-order valence-corrected chi connectivity index (χ2v) is 15.6. The van der Waals surface area contributed by atoms with E-state index >= 15 is 0 Å². The van der Waals surface area contributed by atoms with Crippen LogP contribution in [0.25, 0.3) is 21.7 Å². The van der Waals surface area contributed by atoms with E-state index < -0.39 is 18.3 Å². The number of halogens is 4. The number of quaternary nitrogens is 1. The topological polar surface area (TPSA) is 200 Å². The summed E-state index contributed by atoms with van der Waals surface area (Å²) < 4.78 is 41.0. The summed E-state index contributed by atoms with van der Waals surface area (Å²) in [7, 11) is 3.58. The predicted molar refractivity (Wildman–Crippen MR) is 286 cm³/mol. The largest absolute Gasteiger partial charge is 0.573 e. The second-order valence-electron chi connectivity index (χ2n) is 15.1. The van der Waals surface area contributed by atoms with Crippen LogP contribution >= 0.6 is 11.6 Å². The molecule has 5 aromatic rings. The van der Waals surface area contributed by atoms with E-state index in [0.717, 1.165) is 61.4 Å². The number of aliphatic hydroxyl groups excluding tert-OH is 1. The minimum atomic E-state index is -4.69. The third kappa shape index (κ3) is 26.4.